The highest BCUT2D eigenvalue weighted by molar-refractivity contribution is 5.94. The normalized spacial score (nSPS) is 14.4. The molecule has 0 aliphatic carbocycles. The first-order chi connectivity index (χ1) is 13.1. The third-order valence-corrected chi connectivity index (χ3v) is 4.53. The van der Waals surface area contributed by atoms with Gasteiger partial charge in [0, 0.05) is 44.9 Å². The second kappa shape index (κ2) is 7.14. The number of hydrogen-bond acceptors (Lipinski definition) is 6. The SMILES string of the molecule is Cc1nc(-c2ccc(N3CCN(C(=O)c4ccccc4F)CC3)nc2)no1. The molecule has 0 unspecified atom stereocenters. The van der Waals surface area contributed by atoms with Gasteiger partial charge in [-0.25, -0.2) is 9.37 Å². The highest BCUT2D eigenvalue weighted by Gasteiger charge is 2.24. The maximum atomic E-state index is 13.8. The number of pyridine rings is 1. The first-order valence-corrected chi connectivity index (χ1v) is 8.67. The van der Waals surface area contributed by atoms with E-state index in [0.717, 1.165) is 11.4 Å². The zero-order valence-electron chi connectivity index (χ0n) is 14.8. The van der Waals surface area contributed by atoms with Gasteiger partial charge in [0.25, 0.3) is 5.91 Å². The van der Waals surface area contributed by atoms with Crippen molar-refractivity contribution in [3.63, 3.8) is 0 Å². The minimum atomic E-state index is -0.487. The monoisotopic (exact) mass is 367 g/mol. The third kappa shape index (κ3) is 3.51. The number of rotatable bonds is 3. The molecule has 138 valence electrons. The Bertz CT molecular complexity index is 949. The van der Waals surface area contributed by atoms with Crippen LogP contribution in [-0.2, 0) is 0 Å². The molecule has 7 nitrogen and oxygen atoms in total. The van der Waals surface area contributed by atoms with E-state index in [0.29, 0.717) is 37.9 Å². The Morgan fingerprint density at radius 2 is 1.89 bits per heavy atom. The maximum absolute atomic E-state index is 13.8. The molecular formula is C19H18FN5O2. The fourth-order valence-corrected chi connectivity index (χ4v) is 3.07. The topological polar surface area (TPSA) is 75.4 Å². The Morgan fingerprint density at radius 3 is 2.52 bits per heavy atom. The summed E-state index contributed by atoms with van der Waals surface area (Å²) < 4.78 is 18.8. The summed E-state index contributed by atoms with van der Waals surface area (Å²) in [6, 6.07) is 9.86. The van der Waals surface area contributed by atoms with E-state index in [1.807, 2.05) is 12.1 Å². The second-order valence-electron chi connectivity index (χ2n) is 6.30. The lowest BCUT2D eigenvalue weighted by Crippen LogP contribution is -2.49. The molecule has 0 radical (unpaired) electrons. The maximum Gasteiger partial charge on any atom is 0.256 e. The van der Waals surface area contributed by atoms with Crippen LogP contribution in [0.5, 0.6) is 0 Å². The second-order valence-corrected chi connectivity index (χ2v) is 6.30. The number of halogens is 1. The van der Waals surface area contributed by atoms with E-state index in [4.69, 9.17) is 4.52 Å². The number of carbonyl (C=O) groups is 1. The molecule has 0 atom stereocenters. The van der Waals surface area contributed by atoms with Crippen molar-refractivity contribution >= 4 is 11.7 Å². The van der Waals surface area contributed by atoms with Crippen LogP contribution in [0.1, 0.15) is 16.2 Å². The van der Waals surface area contributed by atoms with Crippen LogP contribution in [0.15, 0.2) is 47.1 Å². The smallest absolute Gasteiger partial charge is 0.256 e. The standard InChI is InChI=1S/C19H18FN5O2/c1-13-22-18(23-27-13)14-6-7-17(21-12-14)24-8-10-25(11-9-24)19(26)15-4-2-3-5-16(15)20/h2-7,12H,8-11H2,1H3. The number of piperazine rings is 1. The number of nitrogens with zero attached hydrogens (tertiary/aromatic N) is 5. The molecule has 1 aliphatic rings. The molecule has 1 aliphatic heterocycles. The van der Waals surface area contributed by atoms with E-state index in [-0.39, 0.29) is 11.5 Å². The summed E-state index contributed by atoms with van der Waals surface area (Å²) in [6.45, 7) is 4.03. The Labute approximate surface area is 155 Å². The molecule has 1 saturated heterocycles. The van der Waals surface area contributed by atoms with Crippen molar-refractivity contribution in [1.82, 2.24) is 20.0 Å². The third-order valence-electron chi connectivity index (χ3n) is 4.53. The van der Waals surface area contributed by atoms with Crippen LogP contribution in [0.2, 0.25) is 0 Å². The number of anilines is 1. The van der Waals surface area contributed by atoms with Crippen LogP contribution in [0.4, 0.5) is 10.2 Å². The Balaban J connectivity index is 1.40. The van der Waals surface area contributed by atoms with Crippen LogP contribution < -0.4 is 4.90 Å². The van der Waals surface area contributed by atoms with Crippen molar-refractivity contribution in [2.24, 2.45) is 0 Å². The van der Waals surface area contributed by atoms with Crippen molar-refractivity contribution in [3.8, 4) is 11.4 Å². The Kier molecular flexibility index (Phi) is 4.53. The van der Waals surface area contributed by atoms with Gasteiger partial charge in [0.15, 0.2) is 0 Å². The van der Waals surface area contributed by atoms with Gasteiger partial charge in [-0.05, 0) is 24.3 Å². The number of benzene rings is 1. The van der Waals surface area contributed by atoms with Gasteiger partial charge >= 0.3 is 0 Å². The van der Waals surface area contributed by atoms with E-state index in [1.165, 1.54) is 12.1 Å². The molecule has 3 aromatic rings. The molecular weight excluding hydrogens is 349 g/mol. The predicted molar refractivity (Wildman–Crippen MR) is 96.8 cm³/mol. The average molecular weight is 367 g/mol. The van der Waals surface area contributed by atoms with E-state index >= 15 is 0 Å². The summed E-state index contributed by atoms with van der Waals surface area (Å²) in [5.74, 6) is 1.07. The van der Waals surface area contributed by atoms with E-state index < -0.39 is 5.82 Å². The average Bonchev–Trinajstić information content (AvgIpc) is 3.14. The first-order valence-electron chi connectivity index (χ1n) is 8.67. The molecule has 0 saturated carbocycles. The molecule has 1 amide bonds. The summed E-state index contributed by atoms with van der Waals surface area (Å²) >= 11 is 0. The van der Waals surface area contributed by atoms with Crippen molar-refractivity contribution in [1.29, 1.82) is 0 Å². The molecule has 1 fully saturated rings. The lowest BCUT2D eigenvalue weighted by molar-refractivity contribution is 0.0742. The summed E-state index contributed by atoms with van der Waals surface area (Å²) in [5, 5.41) is 3.88. The molecule has 1 aromatic carbocycles. The highest BCUT2D eigenvalue weighted by atomic mass is 19.1. The van der Waals surface area contributed by atoms with E-state index in [2.05, 4.69) is 20.0 Å². The highest BCUT2D eigenvalue weighted by Crippen LogP contribution is 2.20. The lowest BCUT2D eigenvalue weighted by atomic mass is 10.1. The van der Waals surface area contributed by atoms with Crippen molar-refractivity contribution in [2.75, 3.05) is 31.1 Å². The predicted octanol–water partition coefficient (Wildman–Crippen LogP) is 2.54. The summed E-state index contributed by atoms with van der Waals surface area (Å²) in [7, 11) is 0. The van der Waals surface area contributed by atoms with Gasteiger partial charge in [0.05, 0.1) is 5.56 Å². The van der Waals surface area contributed by atoms with Crippen LogP contribution >= 0.6 is 0 Å². The molecule has 27 heavy (non-hydrogen) atoms. The molecule has 0 spiro atoms. The fourth-order valence-electron chi connectivity index (χ4n) is 3.07. The van der Waals surface area contributed by atoms with Crippen LogP contribution in [0.3, 0.4) is 0 Å². The zero-order valence-corrected chi connectivity index (χ0v) is 14.8. The van der Waals surface area contributed by atoms with Crippen molar-refractivity contribution in [2.45, 2.75) is 6.92 Å². The first kappa shape index (κ1) is 17.1. The van der Waals surface area contributed by atoms with Crippen molar-refractivity contribution < 1.29 is 13.7 Å². The Hall–Kier alpha value is -3.29. The summed E-state index contributed by atoms with van der Waals surface area (Å²) in [4.78, 5) is 24.9. The summed E-state index contributed by atoms with van der Waals surface area (Å²) in [6.07, 6.45) is 1.70. The number of carbonyl (C=O) groups excluding carboxylic acids is 1. The van der Waals surface area contributed by atoms with E-state index in [1.54, 1.807) is 30.2 Å². The minimum absolute atomic E-state index is 0.115. The van der Waals surface area contributed by atoms with E-state index in [9.17, 15) is 9.18 Å². The Morgan fingerprint density at radius 1 is 1.11 bits per heavy atom. The quantitative estimate of drug-likeness (QED) is 0.708. The lowest BCUT2D eigenvalue weighted by Gasteiger charge is -2.35. The summed E-state index contributed by atoms with van der Waals surface area (Å²) in [5.41, 5.74) is 0.896. The molecule has 3 heterocycles. The number of aromatic nitrogens is 3. The van der Waals surface area contributed by atoms with Gasteiger partial charge in [0.1, 0.15) is 11.6 Å². The van der Waals surface area contributed by atoms with Gasteiger partial charge in [-0.15, -0.1) is 0 Å². The number of aryl methyl sites for hydroxylation is 1. The van der Waals surface area contributed by atoms with Gasteiger partial charge in [-0.1, -0.05) is 17.3 Å². The molecule has 0 bridgehead atoms. The fraction of sp³-hybridized carbons (Fsp3) is 0.263. The van der Waals surface area contributed by atoms with Gasteiger partial charge in [-0.2, -0.15) is 4.98 Å². The minimum Gasteiger partial charge on any atom is -0.353 e. The molecule has 4 rings (SSSR count). The number of amides is 1. The van der Waals surface area contributed by atoms with Gasteiger partial charge < -0.3 is 14.3 Å². The van der Waals surface area contributed by atoms with Crippen LogP contribution in [0.25, 0.3) is 11.4 Å². The number of hydrogen-bond donors (Lipinski definition) is 0. The molecule has 2 aromatic heterocycles. The van der Waals surface area contributed by atoms with Gasteiger partial charge in [0.2, 0.25) is 11.7 Å². The van der Waals surface area contributed by atoms with Crippen molar-refractivity contribution in [3.05, 3.63) is 59.9 Å². The van der Waals surface area contributed by atoms with Crippen LogP contribution in [0, 0.1) is 12.7 Å². The largest absolute Gasteiger partial charge is 0.353 e. The molecule has 8 heteroatoms. The van der Waals surface area contributed by atoms with Gasteiger partial charge in [-0.3, -0.25) is 4.79 Å². The van der Waals surface area contributed by atoms with Crippen LogP contribution in [-0.4, -0.2) is 52.1 Å². The molecule has 0 N–H and O–H groups in total. The zero-order chi connectivity index (χ0) is 18.8.